The van der Waals surface area contributed by atoms with Gasteiger partial charge in [-0.05, 0) is 38.3 Å². The Morgan fingerprint density at radius 2 is 2.11 bits per heavy atom. The van der Waals surface area contributed by atoms with Gasteiger partial charge in [0, 0.05) is 5.56 Å². The Hall–Kier alpha value is -2.99. The predicted molar refractivity (Wildman–Crippen MR) is 100 cm³/mol. The van der Waals surface area contributed by atoms with Crippen LogP contribution in [0.2, 0.25) is 0 Å². The summed E-state index contributed by atoms with van der Waals surface area (Å²) in [6.45, 7) is 3.23. The van der Waals surface area contributed by atoms with E-state index in [1.807, 2.05) is 6.07 Å². The molecule has 1 aromatic heterocycles. The number of nitriles is 1. The van der Waals surface area contributed by atoms with Gasteiger partial charge < -0.3 is 19.2 Å². The van der Waals surface area contributed by atoms with Crippen molar-refractivity contribution in [1.82, 2.24) is 9.97 Å². The number of nitrogens with one attached hydrogen (secondary N) is 1. The number of esters is 1. The maximum Gasteiger partial charge on any atom is 0.344 e. The Bertz CT molecular complexity index is 934. The van der Waals surface area contributed by atoms with Gasteiger partial charge in [-0.15, -0.1) is 0 Å². The van der Waals surface area contributed by atoms with Crippen molar-refractivity contribution in [1.29, 1.82) is 5.26 Å². The minimum absolute atomic E-state index is 0.0935. The number of aromatic amines is 1. The molecule has 0 fully saturated rings. The third kappa shape index (κ3) is 5.01. The first kappa shape index (κ1) is 20.3. The highest BCUT2D eigenvalue weighted by Gasteiger charge is 2.16. The first-order valence-corrected chi connectivity index (χ1v) is 9.21. The first-order valence-electron chi connectivity index (χ1n) is 7.98. The van der Waals surface area contributed by atoms with Gasteiger partial charge in [-0.1, -0.05) is 11.8 Å². The van der Waals surface area contributed by atoms with E-state index in [0.717, 1.165) is 0 Å². The second-order valence-electron chi connectivity index (χ2n) is 5.60. The molecule has 0 unspecified atom stereocenters. The number of aromatic nitrogens is 2. The average molecular weight is 389 g/mol. The van der Waals surface area contributed by atoms with Crippen molar-refractivity contribution < 1.29 is 19.0 Å². The Balaban J connectivity index is 2.37. The molecule has 0 aliphatic heterocycles. The summed E-state index contributed by atoms with van der Waals surface area (Å²) in [4.78, 5) is 30.6. The number of ether oxygens (including phenoxy) is 3. The number of nitrogens with zero attached hydrogens (tertiary/aromatic N) is 2. The fourth-order valence-corrected chi connectivity index (χ4v) is 2.61. The van der Waals surface area contributed by atoms with Crippen LogP contribution in [0.5, 0.6) is 11.5 Å². The molecule has 9 heteroatoms. The molecule has 0 amide bonds. The molecule has 0 spiro atoms. The predicted octanol–water partition coefficient (Wildman–Crippen LogP) is 2.37. The van der Waals surface area contributed by atoms with E-state index in [2.05, 4.69) is 9.97 Å². The summed E-state index contributed by atoms with van der Waals surface area (Å²) in [5, 5.41) is 9.69. The molecule has 8 nitrogen and oxygen atoms in total. The molecule has 0 atom stereocenters. The van der Waals surface area contributed by atoms with E-state index in [1.54, 1.807) is 38.3 Å². The van der Waals surface area contributed by atoms with Crippen molar-refractivity contribution in [2.24, 2.45) is 0 Å². The van der Waals surface area contributed by atoms with Crippen LogP contribution in [-0.4, -0.2) is 42.0 Å². The number of carbonyl (C=O) groups excluding carboxylic acids is 1. The van der Waals surface area contributed by atoms with Gasteiger partial charge in [0.25, 0.3) is 5.56 Å². The molecule has 2 aromatic rings. The van der Waals surface area contributed by atoms with E-state index in [9.17, 15) is 14.9 Å². The molecular formula is C18H19N3O5S. The molecule has 142 valence electrons. The van der Waals surface area contributed by atoms with Gasteiger partial charge in [0.1, 0.15) is 11.6 Å². The maximum atomic E-state index is 12.1. The van der Waals surface area contributed by atoms with Crippen molar-refractivity contribution in [2.45, 2.75) is 25.1 Å². The van der Waals surface area contributed by atoms with Gasteiger partial charge in [-0.2, -0.15) is 5.26 Å². The van der Waals surface area contributed by atoms with Gasteiger partial charge in [-0.3, -0.25) is 4.79 Å². The smallest absolute Gasteiger partial charge is 0.344 e. The minimum atomic E-state index is -0.512. The van der Waals surface area contributed by atoms with Crippen LogP contribution in [0.25, 0.3) is 11.3 Å². The summed E-state index contributed by atoms with van der Waals surface area (Å²) in [5.74, 6) is 0.167. The topological polar surface area (TPSA) is 114 Å². The molecule has 0 saturated heterocycles. The van der Waals surface area contributed by atoms with Crippen LogP contribution < -0.4 is 15.0 Å². The fraction of sp³-hybridized carbons (Fsp3) is 0.333. The number of hydrogen-bond acceptors (Lipinski definition) is 8. The summed E-state index contributed by atoms with van der Waals surface area (Å²) in [6, 6.07) is 6.69. The van der Waals surface area contributed by atoms with Crippen LogP contribution in [0.15, 0.2) is 28.2 Å². The molecule has 27 heavy (non-hydrogen) atoms. The molecule has 0 saturated carbocycles. The summed E-state index contributed by atoms with van der Waals surface area (Å²) in [6.07, 6.45) is 1.53. The minimum Gasteiger partial charge on any atom is -0.493 e. The van der Waals surface area contributed by atoms with Crippen LogP contribution in [0.1, 0.15) is 19.4 Å². The van der Waals surface area contributed by atoms with Crippen molar-refractivity contribution in [2.75, 3.05) is 20.0 Å². The highest BCUT2D eigenvalue weighted by molar-refractivity contribution is 7.98. The lowest BCUT2D eigenvalue weighted by molar-refractivity contribution is -0.149. The normalized spacial score (nSPS) is 10.4. The molecule has 0 bridgehead atoms. The van der Waals surface area contributed by atoms with Crippen LogP contribution in [0, 0.1) is 11.3 Å². The Morgan fingerprint density at radius 3 is 2.70 bits per heavy atom. The van der Waals surface area contributed by atoms with E-state index in [0.29, 0.717) is 22.2 Å². The molecule has 1 N–H and O–H groups in total. The van der Waals surface area contributed by atoms with Gasteiger partial charge in [0.2, 0.25) is 0 Å². The third-order valence-corrected chi connectivity index (χ3v) is 3.93. The molecule has 0 aliphatic rings. The lowest BCUT2D eigenvalue weighted by atomic mass is 10.1. The quantitative estimate of drug-likeness (QED) is 0.436. The summed E-state index contributed by atoms with van der Waals surface area (Å²) in [7, 11) is 1.45. The van der Waals surface area contributed by atoms with E-state index >= 15 is 0 Å². The van der Waals surface area contributed by atoms with E-state index in [4.69, 9.17) is 14.2 Å². The molecule has 2 rings (SSSR count). The van der Waals surface area contributed by atoms with Crippen LogP contribution >= 0.6 is 11.8 Å². The second kappa shape index (κ2) is 9.09. The SMILES string of the molecule is COc1cc(-c2nc(SC)[nH]c(=O)c2C#N)ccc1OCC(=O)OC(C)C. The number of thioether (sulfide) groups is 1. The standard InChI is InChI=1S/C18H19N3O5S/c1-10(2)26-15(22)9-25-13-6-5-11(7-14(13)24-3)16-12(8-19)17(23)21-18(20-16)27-4/h5-7,10H,9H2,1-4H3,(H,20,21,23). The number of hydrogen-bond donors (Lipinski definition) is 1. The number of carbonyl (C=O) groups is 1. The number of H-pyrrole nitrogens is 1. The molecule has 1 aromatic carbocycles. The van der Waals surface area contributed by atoms with Crippen LogP contribution in [0.3, 0.4) is 0 Å². The largest absolute Gasteiger partial charge is 0.493 e. The van der Waals surface area contributed by atoms with Gasteiger partial charge in [-0.25, -0.2) is 9.78 Å². The van der Waals surface area contributed by atoms with Crippen molar-refractivity contribution in [3.05, 3.63) is 34.1 Å². The Morgan fingerprint density at radius 1 is 1.37 bits per heavy atom. The first-order chi connectivity index (χ1) is 12.9. The monoisotopic (exact) mass is 389 g/mol. The zero-order valence-corrected chi connectivity index (χ0v) is 16.2. The molecular weight excluding hydrogens is 370 g/mol. The molecule has 1 heterocycles. The van der Waals surface area contributed by atoms with Gasteiger partial charge >= 0.3 is 5.97 Å². The Kier molecular flexibility index (Phi) is 6.85. The summed E-state index contributed by atoms with van der Waals surface area (Å²) < 4.78 is 15.8. The zero-order chi connectivity index (χ0) is 20.0. The zero-order valence-electron chi connectivity index (χ0n) is 15.4. The van der Waals surface area contributed by atoms with E-state index in [-0.39, 0.29) is 24.0 Å². The number of rotatable bonds is 7. The Labute approximate surface area is 160 Å². The summed E-state index contributed by atoms with van der Waals surface area (Å²) in [5.41, 5.74) is 0.156. The van der Waals surface area contributed by atoms with E-state index < -0.39 is 11.5 Å². The van der Waals surface area contributed by atoms with Crippen molar-refractivity contribution in [3.63, 3.8) is 0 Å². The van der Waals surface area contributed by atoms with E-state index in [1.165, 1.54) is 18.9 Å². The second-order valence-corrected chi connectivity index (χ2v) is 6.40. The van der Waals surface area contributed by atoms with Gasteiger partial charge in [0.15, 0.2) is 23.3 Å². The lowest BCUT2D eigenvalue weighted by Gasteiger charge is -2.13. The fourth-order valence-electron chi connectivity index (χ4n) is 2.23. The lowest BCUT2D eigenvalue weighted by Crippen LogP contribution is -2.19. The number of benzene rings is 1. The van der Waals surface area contributed by atoms with Crippen molar-refractivity contribution >= 4 is 17.7 Å². The molecule has 0 radical (unpaired) electrons. The average Bonchev–Trinajstić information content (AvgIpc) is 2.64. The molecule has 0 aliphatic carbocycles. The maximum absolute atomic E-state index is 12.1. The van der Waals surface area contributed by atoms with Crippen LogP contribution in [0.4, 0.5) is 0 Å². The number of methoxy groups -OCH3 is 1. The highest BCUT2D eigenvalue weighted by atomic mass is 32.2. The third-order valence-electron chi connectivity index (χ3n) is 3.35. The van der Waals surface area contributed by atoms with Gasteiger partial charge in [0.05, 0.1) is 18.9 Å². The van der Waals surface area contributed by atoms with Crippen LogP contribution in [-0.2, 0) is 9.53 Å². The van der Waals surface area contributed by atoms with Crippen molar-refractivity contribution in [3.8, 4) is 28.8 Å². The summed E-state index contributed by atoms with van der Waals surface area (Å²) >= 11 is 1.26. The highest BCUT2D eigenvalue weighted by Crippen LogP contribution is 2.33.